The molecule has 1 N–H and O–H groups in total. The first-order chi connectivity index (χ1) is 9.56. The number of piperidine rings is 1. The van der Waals surface area contributed by atoms with Crippen LogP contribution >= 0.6 is 0 Å². The highest BCUT2D eigenvalue weighted by molar-refractivity contribution is 5.60. The van der Waals surface area contributed by atoms with Gasteiger partial charge in [-0.3, -0.25) is 10.1 Å². The zero-order valence-electron chi connectivity index (χ0n) is 12.4. The van der Waals surface area contributed by atoms with E-state index in [0.717, 1.165) is 32.5 Å². The monoisotopic (exact) mass is 281 g/mol. The van der Waals surface area contributed by atoms with Crippen LogP contribution < -0.4 is 5.32 Å². The molecule has 0 aliphatic carbocycles. The van der Waals surface area contributed by atoms with Crippen molar-refractivity contribution in [1.29, 1.82) is 0 Å². The van der Waals surface area contributed by atoms with Crippen molar-refractivity contribution in [3.63, 3.8) is 0 Å². The van der Waals surface area contributed by atoms with Crippen LogP contribution in [0.4, 0.5) is 11.5 Å². The van der Waals surface area contributed by atoms with Crippen LogP contribution in [0.2, 0.25) is 0 Å². The third kappa shape index (κ3) is 2.92. The Kier molecular flexibility index (Phi) is 4.59. The molecule has 0 bridgehead atoms. The number of likely N-dealkylation sites (N-methyl/N-ethyl adjacent to an activating group) is 1. The van der Waals surface area contributed by atoms with Crippen LogP contribution in [-0.4, -0.2) is 45.3 Å². The molecule has 0 saturated carbocycles. The van der Waals surface area contributed by atoms with E-state index in [1.165, 1.54) is 0 Å². The van der Waals surface area contributed by atoms with Gasteiger partial charge in [0, 0.05) is 19.1 Å². The lowest BCUT2D eigenvalue weighted by Crippen LogP contribution is -2.42. The van der Waals surface area contributed by atoms with Gasteiger partial charge in [-0.15, -0.1) is 0 Å². The SMILES string of the molecule is CCN1CCCC(Nc2c([N+](=O)[O-])c(C)nn2CC)C1. The predicted molar refractivity (Wildman–Crippen MR) is 78.1 cm³/mol. The molecule has 1 saturated heterocycles. The van der Waals surface area contributed by atoms with Crippen LogP contribution in [-0.2, 0) is 6.54 Å². The Balaban J connectivity index is 2.21. The van der Waals surface area contributed by atoms with Gasteiger partial charge in [0.1, 0.15) is 5.69 Å². The fraction of sp³-hybridized carbons (Fsp3) is 0.769. The Hall–Kier alpha value is -1.63. The highest BCUT2D eigenvalue weighted by Gasteiger charge is 2.28. The first kappa shape index (κ1) is 14.8. The molecule has 112 valence electrons. The summed E-state index contributed by atoms with van der Waals surface area (Å²) >= 11 is 0. The van der Waals surface area contributed by atoms with Crippen LogP contribution in [0, 0.1) is 17.0 Å². The summed E-state index contributed by atoms with van der Waals surface area (Å²) in [5, 5.41) is 18.8. The van der Waals surface area contributed by atoms with Crippen molar-refractivity contribution in [2.75, 3.05) is 25.0 Å². The largest absolute Gasteiger partial charge is 0.361 e. The molecule has 0 aromatic carbocycles. The van der Waals surface area contributed by atoms with Crippen LogP contribution in [0.3, 0.4) is 0 Å². The van der Waals surface area contributed by atoms with Crippen molar-refractivity contribution in [2.24, 2.45) is 0 Å². The molecule has 1 fully saturated rings. The van der Waals surface area contributed by atoms with Gasteiger partial charge >= 0.3 is 5.69 Å². The smallest absolute Gasteiger partial charge is 0.333 e. The van der Waals surface area contributed by atoms with E-state index in [4.69, 9.17) is 0 Å². The van der Waals surface area contributed by atoms with Gasteiger partial charge in [0.25, 0.3) is 0 Å². The summed E-state index contributed by atoms with van der Waals surface area (Å²) in [7, 11) is 0. The van der Waals surface area contributed by atoms with Gasteiger partial charge in [-0.05, 0) is 39.8 Å². The van der Waals surface area contributed by atoms with Crippen LogP contribution in [0.1, 0.15) is 32.4 Å². The average molecular weight is 281 g/mol. The van der Waals surface area contributed by atoms with Gasteiger partial charge in [0.2, 0.25) is 5.82 Å². The number of aryl methyl sites for hydroxylation is 2. The normalized spacial score (nSPS) is 20.1. The van der Waals surface area contributed by atoms with Gasteiger partial charge in [-0.2, -0.15) is 5.10 Å². The second-order valence-electron chi connectivity index (χ2n) is 5.23. The lowest BCUT2D eigenvalue weighted by Gasteiger charge is -2.32. The molecule has 0 spiro atoms. The number of likely N-dealkylation sites (tertiary alicyclic amines) is 1. The molecule has 1 aromatic rings. The molecule has 7 heteroatoms. The number of hydrogen-bond donors (Lipinski definition) is 1. The van der Waals surface area contributed by atoms with Crippen molar-refractivity contribution < 1.29 is 4.92 Å². The quantitative estimate of drug-likeness (QED) is 0.660. The van der Waals surface area contributed by atoms with E-state index in [0.29, 0.717) is 18.1 Å². The molecule has 2 rings (SSSR count). The third-order valence-corrected chi connectivity index (χ3v) is 3.87. The number of nitrogens with zero attached hydrogens (tertiary/aromatic N) is 4. The highest BCUT2D eigenvalue weighted by atomic mass is 16.6. The average Bonchev–Trinajstić information content (AvgIpc) is 2.75. The first-order valence-electron chi connectivity index (χ1n) is 7.27. The zero-order chi connectivity index (χ0) is 14.7. The highest BCUT2D eigenvalue weighted by Crippen LogP contribution is 2.29. The van der Waals surface area contributed by atoms with E-state index in [-0.39, 0.29) is 16.7 Å². The summed E-state index contributed by atoms with van der Waals surface area (Å²) in [5.41, 5.74) is 0.586. The number of rotatable bonds is 5. The Morgan fingerprint density at radius 2 is 2.20 bits per heavy atom. The Morgan fingerprint density at radius 1 is 1.45 bits per heavy atom. The molecule has 7 nitrogen and oxygen atoms in total. The number of nitrogens with one attached hydrogen (secondary N) is 1. The maximum absolute atomic E-state index is 11.2. The van der Waals surface area contributed by atoms with Gasteiger partial charge < -0.3 is 10.2 Å². The minimum absolute atomic E-state index is 0.112. The number of anilines is 1. The van der Waals surface area contributed by atoms with Crippen LogP contribution in [0.25, 0.3) is 0 Å². The molecule has 1 aromatic heterocycles. The Bertz CT molecular complexity index is 485. The van der Waals surface area contributed by atoms with E-state index in [2.05, 4.69) is 22.2 Å². The molecular formula is C13H23N5O2. The molecular weight excluding hydrogens is 258 g/mol. The predicted octanol–water partition coefficient (Wildman–Crippen LogP) is 2.02. The van der Waals surface area contributed by atoms with Crippen molar-refractivity contribution in [2.45, 2.75) is 46.2 Å². The summed E-state index contributed by atoms with van der Waals surface area (Å²) in [6, 6.07) is 0.254. The molecule has 1 aliphatic rings. The molecule has 0 radical (unpaired) electrons. The summed E-state index contributed by atoms with van der Waals surface area (Å²) in [6.07, 6.45) is 2.17. The van der Waals surface area contributed by atoms with Crippen molar-refractivity contribution in [3.05, 3.63) is 15.8 Å². The molecule has 1 unspecified atom stereocenters. The van der Waals surface area contributed by atoms with Crippen molar-refractivity contribution in [3.8, 4) is 0 Å². The minimum atomic E-state index is -0.336. The first-order valence-corrected chi connectivity index (χ1v) is 7.27. The molecule has 2 heterocycles. The molecule has 1 atom stereocenters. The summed E-state index contributed by atoms with van der Waals surface area (Å²) < 4.78 is 1.69. The third-order valence-electron chi connectivity index (χ3n) is 3.87. The van der Waals surface area contributed by atoms with Gasteiger partial charge in [0.05, 0.1) is 4.92 Å². The maximum Gasteiger partial charge on any atom is 0.333 e. The molecule has 0 amide bonds. The van der Waals surface area contributed by atoms with E-state index in [1.54, 1.807) is 11.6 Å². The second-order valence-corrected chi connectivity index (χ2v) is 5.23. The summed E-state index contributed by atoms with van der Waals surface area (Å²) in [5.74, 6) is 0.554. The fourth-order valence-electron chi connectivity index (χ4n) is 2.82. The number of aromatic nitrogens is 2. The van der Waals surface area contributed by atoms with Crippen LogP contribution in [0.15, 0.2) is 0 Å². The van der Waals surface area contributed by atoms with E-state index in [1.807, 2.05) is 6.92 Å². The number of nitro groups is 1. The lowest BCUT2D eigenvalue weighted by atomic mass is 10.1. The van der Waals surface area contributed by atoms with Gasteiger partial charge in [-0.25, -0.2) is 4.68 Å². The second kappa shape index (κ2) is 6.21. The van der Waals surface area contributed by atoms with Crippen molar-refractivity contribution >= 4 is 11.5 Å². The molecule has 1 aliphatic heterocycles. The lowest BCUT2D eigenvalue weighted by molar-refractivity contribution is -0.384. The Morgan fingerprint density at radius 3 is 2.80 bits per heavy atom. The van der Waals surface area contributed by atoms with Crippen LogP contribution in [0.5, 0.6) is 0 Å². The fourth-order valence-corrected chi connectivity index (χ4v) is 2.82. The molecule has 20 heavy (non-hydrogen) atoms. The zero-order valence-corrected chi connectivity index (χ0v) is 12.4. The van der Waals surface area contributed by atoms with E-state index in [9.17, 15) is 10.1 Å². The topological polar surface area (TPSA) is 76.2 Å². The van der Waals surface area contributed by atoms with E-state index < -0.39 is 0 Å². The van der Waals surface area contributed by atoms with E-state index >= 15 is 0 Å². The minimum Gasteiger partial charge on any atom is -0.361 e. The summed E-state index contributed by atoms with van der Waals surface area (Å²) in [6.45, 7) is 9.47. The number of hydrogen-bond acceptors (Lipinski definition) is 5. The van der Waals surface area contributed by atoms with Gasteiger partial charge in [-0.1, -0.05) is 6.92 Å². The van der Waals surface area contributed by atoms with Crippen molar-refractivity contribution in [1.82, 2.24) is 14.7 Å². The van der Waals surface area contributed by atoms with Gasteiger partial charge in [0.15, 0.2) is 0 Å². The standard InChI is InChI=1S/C13H23N5O2/c1-4-16-8-6-7-11(9-16)14-13-12(18(19)20)10(3)15-17(13)5-2/h11,14H,4-9H2,1-3H3. The Labute approximate surface area is 119 Å². The maximum atomic E-state index is 11.2. The summed E-state index contributed by atoms with van der Waals surface area (Å²) in [4.78, 5) is 13.3.